The number of carbonyl (C=O) groups excluding carboxylic acids is 1. The van der Waals surface area contributed by atoms with Crippen LogP contribution >= 0.6 is 0 Å². The molecule has 0 aliphatic rings. The van der Waals surface area contributed by atoms with Crippen LogP contribution in [0.3, 0.4) is 0 Å². The number of allylic oxidation sites excluding steroid dienone is 1. The fraction of sp³-hybridized carbons (Fsp3) is 0.812. The molecule has 0 spiro atoms. The Balaban J connectivity index is 5.30. The number of esters is 1. The zero-order valence-electron chi connectivity index (χ0n) is 13.7. The van der Waals surface area contributed by atoms with Crippen molar-refractivity contribution in [1.82, 2.24) is 0 Å². The first-order valence-electron chi connectivity index (χ1n) is 6.98. The van der Waals surface area contributed by atoms with Crippen LogP contribution in [0.1, 0.15) is 61.8 Å². The molecule has 0 saturated heterocycles. The van der Waals surface area contributed by atoms with Crippen LogP contribution in [0.5, 0.6) is 0 Å². The molecule has 0 aliphatic heterocycles. The second-order valence-electron chi connectivity index (χ2n) is 7.14. The van der Waals surface area contributed by atoms with Crippen molar-refractivity contribution in [3.8, 4) is 0 Å². The highest BCUT2D eigenvalue weighted by molar-refractivity contribution is 5.74. The summed E-state index contributed by atoms with van der Waals surface area (Å²) in [6.45, 7) is 15.0. The lowest BCUT2D eigenvalue weighted by Gasteiger charge is -2.42. The van der Waals surface area contributed by atoms with Crippen molar-refractivity contribution in [1.29, 1.82) is 0 Å². The molecule has 0 aromatic carbocycles. The van der Waals surface area contributed by atoms with Crippen molar-refractivity contribution in [3.63, 3.8) is 0 Å². The lowest BCUT2D eigenvalue weighted by atomic mass is 9.69. The molecule has 3 heteroatoms. The van der Waals surface area contributed by atoms with Gasteiger partial charge in [-0.05, 0) is 39.5 Å². The number of carbonyl (C=O) groups is 1. The first kappa shape index (κ1) is 18.2. The average molecular weight is 270 g/mol. The van der Waals surface area contributed by atoms with Crippen LogP contribution in [0.2, 0.25) is 0 Å². The molecule has 0 saturated carbocycles. The first-order valence-corrected chi connectivity index (χ1v) is 6.98. The highest BCUT2D eigenvalue weighted by atomic mass is 16.6. The van der Waals surface area contributed by atoms with Gasteiger partial charge in [0.25, 0.3) is 0 Å². The van der Waals surface area contributed by atoms with E-state index in [-0.39, 0.29) is 5.97 Å². The Morgan fingerprint density at radius 3 is 2.00 bits per heavy atom. The summed E-state index contributed by atoms with van der Waals surface area (Å²) in [7, 11) is 0. The second kappa shape index (κ2) is 6.08. The summed E-state index contributed by atoms with van der Waals surface area (Å²) >= 11 is 0. The normalized spacial score (nSPS) is 18.2. The fourth-order valence-corrected chi connectivity index (χ4v) is 1.91. The maximum atomic E-state index is 12.2. The van der Waals surface area contributed by atoms with Gasteiger partial charge in [0.1, 0.15) is 11.2 Å². The zero-order chi connectivity index (χ0) is 15.5. The SMILES string of the molecule is CC/C=C/C(O)(C(C)C(=O)OC(C)(C)C)C(C)(C)C. The van der Waals surface area contributed by atoms with E-state index < -0.39 is 22.5 Å². The number of aliphatic hydroxyl groups is 1. The van der Waals surface area contributed by atoms with E-state index in [1.807, 2.05) is 54.5 Å². The van der Waals surface area contributed by atoms with Gasteiger partial charge in [-0.15, -0.1) is 0 Å². The van der Waals surface area contributed by atoms with Gasteiger partial charge in [0.2, 0.25) is 0 Å². The van der Waals surface area contributed by atoms with Gasteiger partial charge < -0.3 is 9.84 Å². The van der Waals surface area contributed by atoms with Crippen molar-refractivity contribution in [2.45, 2.75) is 73.0 Å². The van der Waals surface area contributed by atoms with Gasteiger partial charge >= 0.3 is 5.97 Å². The molecule has 0 fully saturated rings. The highest BCUT2D eigenvalue weighted by Gasteiger charge is 2.46. The Morgan fingerprint density at radius 1 is 1.21 bits per heavy atom. The predicted molar refractivity (Wildman–Crippen MR) is 78.8 cm³/mol. The smallest absolute Gasteiger partial charge is 0.312 e. The number of ether oxygens (including phenoxy) is 1. The summed E-state index contributed by atoms with van der Waals surface area (Å²) < 4.78 is 5.39. The first-order chi connectivity index (χ1) is 8.35. The van der Waals surface area contributed by atoms with Gasteiger partial charge in [0.05, 0.1) is 5.92 Å². The molecule has 1 N–H and O–H groups in total. The maximum absolute atomic E-state index is 12.2. The lowest BCUT2D eigenvalue weighted by Crippen LogP contribution is -2.50. The molecule has 2 atom stereocenters. The summed E-state index contributed by atoms with van der Waals surface area (Å²) in [5, 5.41) is 10.9. The van der Waals surface area contributed by atoms with E-state index in [0.29, 0.717) is 0 Å². The van der Waals surface area contributed by atoms with Crippen LogP contribution in [0.15, 0.2) is 12.2 Å². The molecular formula is C16H30O3. The molecule has 0 aromatic heterocycles. The minimum Gasteiger partial charge on any atom is -0.460 e. The molecule has 0 rings (SSSR count). The van der Waals surface area contributed by atoms with Gasteiger partial charge in [-0.25, -0.2) is 0 Å². The summed E-state index contributed by atoms with van der Waals surface area (Å²) in [5.74, 6) is -0.986. The van der Waals surface area contributed by atoms with E-state index in [1.165, 1.54) is 0 Å². The summed E-state index contributed by atoms with van der Waals surface area (Å²) in [5.41, 5.74) is -2.21. The topological polar surface area (TPSA) is 46.5 Å². The Labute approximate surface area is 118 Å². The van der Waals surface area contributed by atoms with Crippen molar-refractivity contribution in [2.24, 2.45) is 11.3 Å². The minimum absolute atomic E-state index is 0.370. The van der Waals surface area contributed by atoms with E-state index in [1.54, 1.807) is 13.0 Å². The van der Waals surface area contributed by atoms with Gasteiger partial charge in [-0.3, -0.25) is 4.79 Å². The minimum atomic E-state index is -1.22. The Kier molecular flexibility index (Phi) is 5.82. The zero-order valence-corrected chi connectivity index (χ0v) is 13.7. The van der Waals surface area contributed by atoms with Crippen LogP contribution in [-0.4, -0.2) is 22.3 Å². The molecule has 0 aromatic rings. The largest absolute Gasteiger partial charge is 0.460 e. The quantitative estimate of drug-likeness (QED) is 0.626. The molecule has 19 heavy (non-hydrogen) atoms. The van der Waals surface area contributed by atoms with Gasteiger partial charge in [0, 0.05) is 0 Å². The Hall–Kier alpha value is -0.830. The van der Waals surface area contributed by atoms with E-state index >= 15 is 0 Å². The van der Waals surface area contributed by atoms with Crippen molar-refractivity contribution in [2.75, 3.05) is 0 Å². The molecule has 0 heterocycles. The maximum Gasteiger partial charge on any atom is 0.312 e. The van der Waals surface area contributed by atoms with Gasteiger partial charge in [-0.2, -0.15) is 0 Å². The second-order valence-corrected chi connectivity index (χ2v) is 7.14. The third-order valence-corrected chi connectivity index (χ3v) is 3.23. The van der Waals surface area contributed by atoms with Crippen LogP contribution in [0.4, 0.5) is 0 Å². The Bertz CT molecular complexity index is 331. The van der Waals surface area contributed by atoms with Gasteiger partial charge in [-0.1, -0.05) is 39.8 Å². The van der Waals surface area contributed by atoms with Crippen molar-refractivity contribution >= 4 is 5.97 Å². The summed E-state index contributed by atoms with van der Waals surface area (Å²) in [6.07, 6.45) is 4.45. The molecule has 0 radical (unpaired) electrons. The summed E-state index contributed by atoms with van der Waals surface area (Å²) in [6, 6.07) is 0. The van der Waals surface area contributed by atoms with E-state index in [0.717, 1.165) is 6.42 Å². The standard InChI is InChI=1S/C16H30O3/c1-9-10-11-16(18,14(3,4)5)12(2)13(17)19-15(6,7)8/h10-12,18H,9H2,1-8H3/b11-10+. The number of hydrogen-bond acceptors (Lipinski definition) is 3. The molecule has 112 valence electrons. The van der Waals surface area contributed by atoms with Crippen LogP contribution in [-0.2, 0) is 9.53 Å². The van der Waals surface area contributed by atoms with Crippen molar-refractivity contribution < 1.29 is 14.6 Å². The molecule has 3 nitrogen and oxygen atoms in total. The number of hydrogen-bond donors (Lipinski definition) is 1. The van der Waals surface area contributed by atoms with Gasteiger partial charge in [0.15, 0.2) is 0 Å². The predicted octanol–water partition coefficient (Wildman–Crippen LogP) is 3.71. The van der Waals surface area contributed by atoms with Crippen LogP contribution in [0, 0.1) is 11.3 Å². The molecular weight excluding hydrogens is 240 g/mol. The van der Waals surface area contributed by atoms with E-state index in [9.17, 15) is 9.90 Å². The fourth-order valence-electron chi connectivity index (χ4n) is 1.91. The lowest BCUT2D eigenvalue weighted by molar-refractivity contribution is -0.172. The summed E-state index contributed by atoms with van der Waals surface area (Å²) in [4.78, 5) is 12.2. The average Bonchev–Trinajstić information content (AvgIpc) is 2.20. The molecule has 0 aliphatic carbocycles. The molecule has 0 amide bonds. The molecule has 2 unspecified atom stereocenters. The van der Waals surface area contributed by atoms with E-state index in [2.05, 4.69) is 0 Å². The number of rotatable bonds is 4. The molecule has 0 bridgehead atoms. The Morgan fingerprint density at radius 2 is 1.68 bits per heavy atom. The van der Waals surface area contributed by atoms with Crippen LogP contribution in [0.25, 0.3) is 0 Å². The van der Waals surface area contributed by atoms with E-state index in [4.69, 9.17) is 4.74 Å². The third-order valence-electron chi connectivity index (χ3n) is 3.23. The highest BCUT2D eigenvalue weighted by Crippen LogP contribution is 2.39. The van der Waals surface area contributed by atoms with Crippen LogP contribution < -0.4 is 0 Å². The monoisotopic (exact) mass is 270 g/mol. The van der Waals surface area contributed by atoms with Crippen molar-refractivity contribution in [3.05, 3.63) is 12.2 Å². The third kappa shape index (κ3) is 4.98.